The fourth-order valence-corrected chi connectivity index (χ4v) is 13.5. The minimum absolute atomic E-state index is 0.332. The molecule has 16 heavy (non-hydrogen) atoms. The highest BCUT2D eigenvalue weighted by Gasteiger charge is 2.41. The zero-order valence-corrected chi connectivity index (χ0v) is 13.5. The van der Waals surface area contributed by atoms with E-state index < -0.39 is 16.4 Å². The predicted octanol–water partition coefficient (Wildman–Crippen LogP) is 4.04. The van der Waals surface area contributed by atoms with E-state index in [4.69, 9.17) is 11.6 Å². The molecule has 90 valence electrons. The molecule has 1 nitrogen and oxygen atoms in total. The van der Waals surface area contributed by atoms with Gasteiger partial charge >= 0.3 is 0 Å². The average molecular weight is 273 g/mol. The maximum absolute atomic E-state index is 10.5. The Bertz CT molecular complexity index is 352. The van der Waals surface area contributed by atoms with Crippen molar-refractivity contribution >= 4 is 28.0 Å². The summed E-state index contributed by atoms with van der Waals surface area (Å²) < 4.78 is 0. The average Bonchev–Trinajstić information content (AvgIpc) is 1.97. The standard InChI is InChI=1S/C12H21ClOSi2/c1-15(2,3)12(16(4,5)14)10-7-6-8-11(13)9-10/h6-9,12,14H,1-5H3. The van der Waals surface area contributed by atoms with Gasteiger partial charge in [-0.15, -0.1) is 0 Å². The van der Waals surface area contributed by atoms with Crippen LogP contribution < -0.4 is 0 Å². The van der Waals surface area contributed by atoms with Crippen LogP contribution in [0.4, 0.5) is 0 Å². The van der Waals surface area contributed by atoms with Crippen LogP contribution in [0.15, 0.2) is 24.3 Å². The summed E-state index contributed by atoms with van der Waals surface area (Å²) in [5.74, 6) is 0. The quantitative estimate of drug-likeness (QED) is 0.824. The first-order valence-electron chi connectivity index (χ1n) is 5.60. The molecule has 0 bridgehead atoms. The lowest BCUT2D eigenvalue weighted by atomic mass is 10.2. The van der Waals surface area contributed by atoms with Crippen LogP contribution in [0, 0.1) is 0 Å². The van der Waals surface area contributed by atoms with Crippen molar-refractivity contribution in [3.8, 4) is 0 Å². The molecule has 1 unspecified atom stereocenters. The number of benzene rings is 1. The number of hydrogen-bond acceptors (Lipinski definition) is 1. The third-order valence-electron chi connectivity index (χ3n) is 2.75. The fourth-order valence-electron chi connectivity index (χ4n) is 2.65. The van der Waals surface area contributed by atoms with Gasteiger partial charge in [-0.2, -0.15) is 0 Å². The summed E-state index contributed by atoms with van der Waals surface area (Å²) in [7, 11) is -3.62. The molecule has 1 atom stereocenters. The van der Waals surface area contributed by atoms with Crippen LogP contribution in [-0.4, -0.2) is 21.2 Å². The molecule has 0 amide bonds. The largest absolute Gasteiger partial charge is 0.432 e. The first-order valence-corrected chi connectivity index (χ1v) is 12.6. The summed E-state index contributed by atoms with van der Waals surface area (Å²) in [6.07, 6.45) is 0. The summed E-state index contributed by atoms with van der Waals surface area (Å²) in [6, 6.07) is 7.97. The SMILES string of the molecule is C[Si](C)(C)C(c1cccc(Cl)c1)[Si](C)(C)O. The molecule has 1 rings (SSSR count). The summed E-state index contributed by atoms with van der Waals surface area (Å²) >= 11 is 6.04. The monoisotopic (exact) mass is 272 g/mol. The molecule has 1 aromatic rings. The zero-order chi connectivity index (χ0) is 12.6. The normalized spacial score (nSPS) is 14.9. The Balaban J connectivity index is 3.23. The predicted molar refractivity (Wildman–Crippen MR) is 77.2 cm³/mol. The molecule has 0 saturated carbocycles. The number of hydrogen-bond donors (Lipinski definition) is 1. The van der Waals surface area contributed by atoms with Crippen molar-refractivity contribution in [3.63, 3.8) is 0 Å². The highest BCUT2D eigenvalue weighted by Crippen LogP contribution is 2.35. The first kappa shape index (κ1) is 14.0. The maximum atomic E-state index is 10.5. The van der Waals surface area contributed by atoms with Crippen molar-refractivity contribution < 1.29 is 4.80 Å². The molecule has 0 heterocycles. The Morgan fingerprint density at radius 2 is 1.69 bits per heavy atom. The van der Waals surface area contributed by atoms with Crippen LogP contribution in [0.5, 0.6) is 0 Å². The second-order valence-corrected chi connectivity index (χ2v) is 16.2. The highest BCUT2D eigenvalue weighted by atomic mass is 35.5. The summed E-state index contributed by atoms with van der Waals surface area (Å²) in [5, 5.41) is 1.10. The van der Waals surface area contributed by atoms with E-state index in [9.17, 15) is 4.80 Å². The molecule has 0 saturated heterocycles. The number of rotatable bonds is 3. The lowest BCUT2D eigenvalue weighted by Crippen LogP contribution is -2.48. The Morgan fingerprint density at radius 1 is 1.12 bits per heavy atom. The highest BCUT2D eigenvalue weighted by molar-refractivity contribution is 6.93. The van der Waals surface area contributed by atoms with Gasteiger partial charge in [0.05, 0.1) is 8.07 Å². The second-order valence-electron chi connectivity index (χ2n) is 6.01. The summed E-state index contributed by atoms with van der Waals surface area (Å²) in [6.45, 7) is 11.0. The molecule has 4 heteroatoms. The van der Waals surface area contributed by atoms with Crippen molar-refractivity contribution in [1.29, 1.82) is 0 Å². The van der Waals surface area contributed by atoms with E-state index in [1.807, 2.05) is 31.3 Å². The van der Waals surface area contributed by atoms with Crippen molar-refractivity contribution in [1.82, 2.24) is 0 Å². The zero-order valence-electron chi connectivity index (χ0n) is 10.7. The van der Waals surface area contributed by atoms with Crippen LogP contribution in [0.3, 0.4) is 0 Å². The molecule has 0 aliphatic rings. The smallest absolute Gasteiger partial charge is 0.187 e. The molecular formula is C12H21ClOSi2. The van der Waals surface area contributed by atoms with E-state index in [-0.39, 0.29) is 0 Å². The van der Waals surface area contributed by atoms with Crippen molar-refractivity contribution in [2.24, 2.45) is 0 Å². The van der Waals surface area contributed by atoms with Crippen LogP contribution >= 0.6 is 11.6 Å². The van der Waals surface area contributed by atoms with Crippen molar-refractivity contribution in [3.05, 3.63) is 34.9 Å². The van der Waals surface area contributed by atoms with Crippen molar-refractivity contribution in [2.45, 2.75) is 37.9 Å². The molecule has 0 fully saturated rings. The Morgan fingerprint density at radius 3 is 2.06 bits per heavy atom. The van der Waals surface area contributed by atoms with Gasteiger partial charge in [-0.1, -0.05) is 43.4 Å². The number of halogens is 1. The fraction of sp³-hybridized carbons (Fsp3) is 0.500. The van der Waals surface area contributed by atoms with Gasteiger partial charge < -0.3 is 4.80 Å². The van der Waals surface area contributed by atoms with E-state index in [0.717, 1.165) is 5.02 Å². The Labute approximate surface area is 106 Å². The van der Waals surface area contributed by atoms with Gasteiger partial charge in [0.15, 0.2) is 8.32 Å². The van der Waals surface area contributed by atoms with Gasteiger partial charge in [-0.3, -0.25) is 0 Å². The first-order chi connectivity index (χ1) is 7.12. The summed E-state index contributed by atoms with van der Waals surface area (Å²) in [4.78, 5) is 10.5. The molecule has 0 aliphatic heterocycles. The van der Waals surface area contributed by atoms with Crippen LogP contribution in [-0.2, 0) is 0 Å². The van der Waals surface area contributed by atoms with Gasteiger partial charge in [0, 0.05) is 5.02 Å². The lowest BCUT2D eigenvalue weighted by Gasteiger charge is -2.37. The van der Waals surface area contributed by atoms with E-state index in [1.165, 1.54) is 5.56 Å². The van der Waals surface area contributed by atoms with E-state index >= 15 is 0 Å². The third kappa shape index (κ3) is 3.45. The molecule has 0 aromatic heterocycles. The topological polar surface area (TPSA) is 20.2 Å². The van der Waals surface area contributed by atoms with Crippen LogP contribution in [0.1, 0.15) is 10.7 Å². The molecular weight excluding hydrogens is 252 g/mol. The Kier molecular flexibility index (Phi) is 4.06. The van der Waals surface area contributed by atoms with Gasteiger partial charge in [-0.25, -0.2) is 0 Å². The minimum atomic E-state index is -2.18. The maximum Gasteiger partial charge on any atom is 0.187 e. The van der Waals surface area contributed by atoms with Gasteiger partial charge in [0.25, 0.3) is 0 Å². The van der Waals surface area contributed by atoms with Crippen LogP contribution in [0.2, 0.25) is 37.8 Å². The van der Waals surface area contributed by atoms with E-state index in [2.05, 4.69) is 25.7 Å². The minimum Gasteiger partial charge on any atom is -0.432 e. The second kappa shape index (κ2) is 4.65. The van der Waals surface area contributed by atoms with Gasteiger partial charge in [0.1, 0.15) is 0 Å². The lowest BCUT2D eigenvalue weighted by molar-refractivity contribution is 0.543. The molecule has 1 aromatic carbocycles. The van der Waals surface area contributed by atoms with E-state index in [0.29, 0.717) is 5.16 Å². The Hall–Kier alpha value is -0.0962. The summed E-state index contributed by atoms with van der Waals surface area (Å²) in [5.41, 5.74) is 1.21. The molecule has 1 N–H and O–H groups in total. The van der Waals surface area contributed by atoms with Gasteiger partial charge in [0.2, 0.25) is 0 Å². The van der Waals surface area contributed by atoms with Gasteiger partial charge in [-0.05, 0) is 36.0 Å². The molecule has 0 radical (unpaired) electrons. The van der Waals surface area contributed by atoms with E-state index in [1.54, 1.807) is 0 Å². The third-order valence-corrected chi connectivity index (χ3v) is 11.5. The van der Waals surface area contributed by atoms with Crippen LogP contribution in [0.25, 0.3) is 0 Å². The molecule has 0 aliphatic carbocycles. The molecule has 0 spiro atoms. The van der Waals surface area contributed by atoms with Crippen molar-refractivity contribution in [2.75, 3.05) is 0 Å².